The minimum atomic E-state index is -0.456. The van der Waals surface area contributed by atoms with Crippen LogP contribution in [0.15, 0.2) is 12.4 Å². The number of aryl methyl sites for hydroxylation is 1. The SMILES string of the molecule is CCCC(C)CNCC(O)c1cnn(C)c1. The molecule has 92 valence electrons. The number of nitrogens with zero attached hydrogens (tertiary/aromatic N) is 2. The van der Waals surface area contributed by atoms with Gasteiger partial charge in [0.15, 0.2) is 0 Å². The zero-order chi connectivity index (χ0) is 12.0. The van der Waals surface area contributed by atoms with Crippen molar-refractivity contribution >= 4 is 0 Å². The van der Waals surface area contributed by atoms with Crippen LogP contribution in [0.5, 0.6) is 0 Å². The second kappa shape index (κ2) is 6.66. The van der Waals surface area contributed by atoms with Gasteiger partial charge in [0.1, 0.15) is 0 Å². The van der Waals surface area contributed by atoms with Gasteiger partial charge in [0.05, 0.1) is 12.3 Å². The zero-order valence-corrected chi connectivity index (χ0v) is 10.5. The molecule has 1 heterocycles. The van der Waals surface area contributed by atoms with E-state index in [1.165, 1.54) is 12.8 Å². The van der Waals surface area contributed by atoms with E-state index >= 15 is 0 Å². The number of nitrogens with one attached hydrogen (secondary N) is 1. The van der Waals surface area contributed by atoms with Crippen molar-refractivity contribution in [2.45, 2.75) is 32.8 Å². The highest BCUT2D eigenvalue weighted by atomic mass is 16.3. The summed E-state index contributed by atoms with van der Waals surface area (Å²) in [5, 5.41) is 17.2. The highest BCUT2D eigenvalue weighted by Gasteiger charge is 2.09. The first-order valence-corrected chi connectivity index (χ1v) is 6.00. The second-order valence-electron chi connectivity index (χ2n) is 4.52. The summed E-state index contributed by atoms with van der Waals surface area (Å²) in [5.74, 6) is 0.672. The van der Waals surface area contributed by atoms with Crippen LogP contribution in [-0.2, 0) is 7.05 Å². The third kappa shape index (κ3) is 4.33. The molecule has 0 fully saturated rings. The normalized spacial score (nSPS) is 15.0. The van der Waals surface area contributed by atoms with Crippen molar-refractivity contribution in [2.24, 2.45) is 13.0 Å². The molecule has 0 amide bonds. The first-order valence-electron chi connectivity index (χ1n) is 6.00. The largest absolute Gasteiger partial charge is 0.387 e. The van der Waals surface area contributed by atoms with Gasteiger partial charge in [-0.2, -0.15) is 5.10 Å². The quantitative estimate of drug-likeness (QED) is 0.739. The predicted molar refractivity (Wildman–Crippen MR) is 65.1 cm³/mol. The molecule has 1 aromatic heterocycles. The van der Waals surface area contributed by atoms with Crippen molar-refractivity contribution in [3.05, 3.63) is 18.0 Å². The third-order valence-electron chi connectivity index (χ3n) is 2.72. The maximum absolute atomic E-state index is 9.86. The van der Waals surface area contributed by atoms with Gasteiger partial charge < -0.3 is 10.4 Å². The van der Waals surface area contributed by atoms with Gasteiger partial charge >= 0.3 is 0 Å². The highest BCUT2D eigenvalue weighted by molar-refractivity contribution is 5.07. The molecule has 0 radical (unpaired) electrons. The van der Waals surface area contributed by atoms with Crippen molar-refractivity contribution in [3.8, 4) is 0 Å². The number of rotatable bonds is 7. The maximum Gasteiger partial charge on any atom is 0.0944 e. The van der Waals surface area contributed by atoms with Crippen LogP contribution in [-0.4, -0.2) is 28.0 Å². The molecule has 16 heavy (non-hydrogen) atoms. The van der Waals surface area contributed by atoms with Crippen LogP contribution in [0.3, 0.4) is 0 Å². The van der Waals surface area contributed by atoms with E-state index in [-0.39, 0.29) is 0 Å². The summed E-state index contributed by atoms with van der Waals surface area (Å²) in [6.07, 6.45) is 5.55. The Bertz CT molecular complexity index is 298. The van der Waals surface area contributed by atoms with Gasteiger partial charge in [0, 0.05) is 25.4 Å². The van der Waals surface area contributed by atoms with E-state index in [4.69, 9.17) is 0 Å². The lowest BCUT2D eigenvalue weighted by atomic mass is 10.1. The van der Waals surface area contributed by atoms with E-state index < -0.39 is 6.10 Å². The lowest BCUT2D eigenvalue weighted by molar-refractivity contribution is 0.172. The van der Waals surface area contributed by atoms with E-state index in [1.54, 1.807) is 10.9 Å². The Morgan fingerprint density at radius 2 is 2.25 bits per heavy atom. The van der Waals surface area contributed by atoms with E-state index in [1.807, 2.05) is 13.2 Å². The Kier molecular flexibility index (Phi) is 5.49. The van der Waals surface area contributed by atoms with Gasteiger partial charge in [-0.05, 0) is 18.9 Å². The molecule has 2 atom stereocenters. The first kappa shape index (κ1) is 13.2. The van der Waals surface area contributed by atoms with Gasteiger partial charge in [-0.25, -0.2) is 0 Å². The first-order chi connectivity index (χ1) is 7.63. The molecule has 1 rings (SSSR count). The van der Waals surface area contributed by atoms with Gasteiger partial charge in [-0.3, -0.25) is 4.68 Å². The van der Waals surface area contributed by atoms with Crippen molar-refractivity contribution < 1.29 is 5.11 Å². The van der Waals surface area contributed by atoms with Crippen LogP contribution in [0, 0.1) is 5.92 Å². The molecule has 0 bridgehead atoms. The predicted octanol–water partition coefficient (Wildman–Crippen LogP) is 1.48. The summed E-state index contributed by atoms with van der Waals surface area (Å²) in [6.45, 7) is 5.98. The van der Waals surface area contributed by atoms with Crippen LogP contribution in [0.1, 0.15) is 38.4 Å². The molecule has 0 aromatic carbocycles. The van der Waals surface area contributed by atoms with Gasteiger partial charge in [-0.1, -0.05) is 20.3 Å². The van der Waals surface area contributed by atoms with Crippen molar-refractivity contribution in [1.29, 1.82) is 0 Å². The monoisotopic (exact) mass is 225 g/mol. The lowest BCUT2D eigenvalue weighted by Gasteiger charge is -2.13. The molecular weight excluding hydrogens is 202 g/mol. The summed E-state index contributed by atoms with van der Waals surface area (Å²) < 4.78 is 1.71. The highest BCUT2D eigenvalue weighted by Crippen LogP contribution is 2.10. The Labute approximate surface area is 97.7 Å². The van der Waals surface area contributed by atoms with Gasteiger partial charge in [0.25, 0.3) is 0 Å². The van der Waals surface area contributed by atoms with Crippen LogP contribution in [0.2, 0.25) is 0 Å². The van der Waals surface area contributed by atoms with E-state index in [2.05, 4.69) is 24.3 Å². The average Bonchev–Trinajstić information content (AvgIpc) is 2.65. The number of aliphatic hydroxyl groups is 1. The van der Waals surface area contributed by atoms with Gasteiger partial charge in [0.2, 0.25) is 0 Å². The molecule has 1 aromatic rings. The molecule has 4 heteroatoms. The number of aliphatic hydroxyl groups excluding tert-OH is 1. The van der Waals surface area contributed by atoms with E-state index in [0.29, 0.717) is 12.5 Å². The standard InChI is InChI=1S/C12H23N3O/c1-4-5-10(2)6-13-8-12(16)11-7-14-15(3)9-11/h7,9-10,12-13,16H,4-6,8H2,1-3H3. The molecule has 2 unspecified atom stereocenters. The van der Waals surface area contributed by atoms with E-state index in [9.17, 15) is 5.11 Å². The Balaban J connectivity index is 2.22. The van der Waals surface area contributed by atoms with Crippen molar-refractivity contribution in [3.63, 3.8) is 0 Å². The summed E-state index contributed by atoms with van der Waals surface area (Å²) in [4.78, 5) is 0. The average molecular weight is 225 g/mol. The van der Waals surface area contributed by atoms with E-state index in [0.717, 1.165) is 12.1 Å². The van der Waals surface area contributed by atoms with Crippen LogP contribution >= 0.6 is 0 Å². The Morgan fingerprint density at radius 1 is 1.50 bits per heavy atom. The Morgan fingerprint density at radius 3 is 2.81 bits per heavy atom. The van der Waals surface area contributed by atoms with Crippen molar-refractivity contribution in [2.75, 3.05) is 13.1 Å². The minimum absolute atomic E-state index is 0.456. The third-order valence-corrected chi connectivity index (χ3v) is 2.72. The summed E-state index contributed by atoms with van der Waals surface area (Å²) in [7, 11) is 1.85. The fourth-order valence-electron chi connectivity index (χ4n) is 1.79. The van der Waals surface area contributed by atoms with Crippen LogP contribution < -0.4 is 5.32 Å². The summed E-state index contributed by atoms with van der Waals surface area (Å²) in [5.41, 5.74) is 0.873. The van der Waals surface area contributed by atoms with Crippen LogP contribution in [0.4, 0.5) is 0 Å². The smallest absolute Gasteiger partial charge is 0.0944 e. The topological polar surface area (TPSA) is 50.1 Å². The molecule has 0 saturated carbocycles. The second-order valence-corrected chi connectivity index (χ2v) is 4.52. The van der Waals surface area contributed by atoms with Crippen molar-refractivity contribution in [1.82, 2.24) is 15.1 Å². The zero-order valence-electron chi connectivity index (χ0n) is 10.5. The van der Waals surface area contributed by atoms with Gasteiger partial charge in [-0.15, -0.1) is 0 Å². The number of hydrogen-bond donors (Lipinski definition) is 2. The molecule has 4 nitrogen and oxygen atoms in total. The van der Waals surface area contributed by atoms with Crippen LogP contribution in [0.25, 0.3) is 0 Å². The fourth-order valence-corrected chi connectivity index (χ4v) is 1.79. The Hall–Kier alpha value is -0.870. The molecular formula is C12H23N3O. The molecule has 0 aliphatic heterocycles. The fraction of sp³-hybridized carbons (Fsp3) is 0.750. The molecule has 0 spiro atoms. The summed E-state index contributed by atoms with van der Waals surface area (Å²) >= 11 is 0. The molecule has 0 aliphatic carbocycles. The minimum Gasteiger partial charge on any atom is -0.387 e. The molecule has 2 N–H and O–H groups in total. The maximum atomic E-state index is 9.86. The number of aromatic nitrogens is 2. The summed E-state index contributed by atoms with van der Waals surface area (Å²) in [6, 6.07) is 0. The lowest BCUT2D eigenvalue weighted by Crippen LogP contribution is -2.26. The number of hydrogen-bond acceptors (Lipinski definition) is 3. The molecule has 0 aliphatic rings. The molecule has 0 saturated heterocycles.